The number of methoxy groups -OCH3 is 1. The van der Waals surface area contributed by atoms with E-state index in [0.29, 0.717) is 6.54 Å². The Morgan fingerprint density at radius 1 is 1.24 bits per heavy atom. The Morgan fingerprint density at radius 2 is 1.95 bits per heavy atom. The minimum absolute atomic E-state index is 0.264. The molecule has 0 radical (unpaired) electrons. The third kappa shape index (κ3) is 3.52. The average Bonchev–Trinajstić information content (AvgIpc) is 3.01. The van der Waals surface area contributed by atoms with Crippen molar-refractivity contribution in [3.05, 3.63) is 60.1 Å². The number of hydrogen-bond donors (Lipinski definition) is 1. The largest absolute Gasteiger partial charge is 0.469 e. The Kier molecular flexibility index (Phi) is 4.81. The first-order valence-electron chi connectivity index (χ1n) is 6.95. The second-order valence-corrected chi connectivity index (χ2v) is 5.53. The van der Waals surface area contributed by atoms with E-state index in [4.69, 9.17) is 9.15 Å². The van der Waals surface area contributed by atoms with Crippen molar-refractivity contribution in [1.82, 2.24) is 5.32 Å². The molecule has 1 heterocycles. The monoisotopic (exact) mass is 287 g/mol. The van der Waals surface area contributed by atoms with Gasteiger partial charge < -0.3 is 14.5 Å². The van der Waals surface area contributed by atoms with Crippen LogP contribution in [0.15, 0.2) is 53.1 Å². The molecule has 0 saturated heterocycles. The van der Waals surface area contributed by atoms with Crippen molar-refractivity contribution in [1.29, 1.82) is 0 Å². The molecule has 1 atom stereocenters. The van der Waals surface area contributed by atoms with E-state index in [1.54, 1.807) is 6.26 Å². The molecule has 2 rings (SSSR count). The maximum Gasteiger partial charge on any atom is 0.313 e. The second-order valence-electron chi connectivity index (χ2n) is 5.53. The number of ether oxygens (including phenoxy) is 1. The molecule has 4 nitrogen and oxygen atoms in total. The van der Waals surface area contributed by atoms with Gasteiger partial charge in [0, 0.05) is 6.54 Å². The fourth-order valence-electron chi connectivity index (χ4n) is 2.36. The van der Waals surface area contributed by atoms with E-state index in [1.165, 1.54) is 7.11 Å². The third-order valence-corrected chi connectivity index (χ3v) is 3.61. The molecule has 0 fully saturated rings. The summed E-state index contributed by atoms with van der Waals surface area (Å²) in [7, 11) is 1.40. The Morgan fingerprint density at radius 3 is 2.52 bits per heavy atom. The first-order chi connectivity index (χ1) is 10.1. The molecule has 4 heteroatoms. The van der Waals surface area contributed by atoms with Crippen LogP contribution >= 0.6 is 0 Å². The lowest BCUT2D eigenvalue weighted by molar-refractivity contribution is -0.153. The summed E-state index contributed by atoms with van der Waals surface area (Å²) in [4.78, 5) is 12.1. The summed E-state index contributed by atoms with van der Waals surface area (Å²) in [6.45, 7) is 4.35. The summed E-state index contributed by atoms with van der Waals surface area (Å²) < 4.78 is 10.4. The van der Waals surface area contributed by atoms with E-state index >= 15 is 0 Å². The first kappa shape index (κ1) is 15.3. The number of carbonyl (C=O) groups is 1. The van der Waals surface area contributed by atoms with Crippen LogP contribution < -0.4 is 5.32 Å². The van der Waals surface area contributed by atoms with Gasteiger partial charge in [0.25, 0.3) is 0 Å². The van der Waals surface area contributed by atoms with Crippen LogP contribution in [-0.4, -0.2) is 13.1 Å². The van der Waals surface area contributed by atoms with Crippen molar-refractivity contribution in [2.45, 2.75) is 26.4 Å². The van der Waals surface area contributed by atoms with E-state index in [-0.39, 0.29) is 12.0 Å². The molecule has 21 heavy (non-hydrogen) atoms. The van der Waals surface area contributed by atoms with Crippen molar-refractivity contribution in [3.8, 4) is 0 Å². The van der Waals surface area contributed by atoms with Crippen LogP contribution in [0.4, 0.5) is 0 Å². The summed E-state index contributed by atoms with van der Waals surface area (Å²) in [5.41, 5.74) is 0.413. The molecule has 0 aliphatic heterocycles. The number of rotatable bonds is 6. The highest BCUT2D eigenvalue weighted by Crippen LogP contribution is 2.35. The van der Waals surface area contributed by atoms with E-state index in [1.807, 2.05) is 56.3 Å². The zero-order valence-electron chi connectivity index (χ0n) is 12.6. The van der Waals surface area contributed by atoms with Crippen LogP contribution in [0, 0.1) is 5.41 Å². The Hall–Kier alpha value is -2.07. The molecule has 0 bridgehead atoms. The van der Waals surface area contributed by atoms with Gasteiger partial charge in [0.1, 0.15) is 5.76 Å². The van der Waals surface area contributed by atoms with Gasteiger partial charge in [-0.25, -0.2) is 0 Å². The molecule has 0 aliphatic rings. The van der Waals surface area contributed by atoms with Gasteiger partial charge in [0.2, 0.25) is 0 Å². The lowest BCUT2D eigenvalue weighted by Crippen LogP contribution is -2.40. The lowest BCUT2D eigenvalue weighted by atomic mass is 9.82. The quantitative estimate of drug-likeness (QED) is 0.828. The second kappa shape index (κ2) is 6.59. The smallest absolute Gasteiger partial charge is 0.313 e. The zero-order chi connectivity index (χ0) is 15.3. The third-order valence-electron chi connectivity index (χ3n) is 3.61. The summed E-state index contributed by atoms with van der Waals surface area (Å²) >= 11 is 0. The van der Waals surface area contributed by atoms with Gasteiger partial charge in [-0.2, -0.15) is 0 Å². The Balaban J connectivity index is 2.19. The van der Waals surface area contributed by atoms with E-state index < -0.39 is 5.41 Å². The molecule has 0 spiro atoms. The first-order valence-corrected chi connectivity index (χ1v) is 6.95. The van der Waals surface area contributed by atoms with Crippen LogP contribution in [0.1, 0.15) is 31.2 Å². The van der Waals surface area contributed by atoms with Gasteiger partial charge in [0.15, 0.2) is 0 Å². The lowest BCUT2D eigenvalue weighted by Gasteiger charge is -2.31. The topological polar surface area (TPSA) is 51.5 Å². The highest BCUT2D eigenvalue weighted by molar-refractivity contribution is 5.76. The van der Waals surface area contributed by atoms with E-state index in [9.17, 15) is 4.79 Å². The normalized spacial score (nSPS) is 12.9. The summed E-state index contributed by atoms with van der Waals surface area (Å²) in [5.74, 6) is 0.450. The van der Waals surface area contributed by atoms with Gasteiger partial charge >= 0.3 is 5.97 Å². The Labute approximate surface area is 125 Å². The predicted octanol–water partition coefficient (Wildman–Crippen LogP) is 3.31. The Bertz CT molecular complexity index is 561. The predicted molar refractivity (Wildman–Crippen MR) is 80.5 cm³/mol. The molecule has 1 unspecified atom stereocenters. The fourth-order valence-corrected chi connectivity index (χ4v) is 2.36. The van der Waals surface area contributed by atoms with Crippen LogP contribution in [0.25, 0.3) is 0 Å². The van der Waals surface area contributed by atoms with Gasteiger partial charge in [0.05, 0.1) is 24.8 Å². The van der Waals surface area contributed by atoms with Gasteiger partial charge in [-0.3, -0.25) is 4.79 Å². The molecule has 2 aromatic rings. The van der Waals surface area contributed by atoms with Crippen LogP contribution in [0.2, 0.25) is 0 Å². The van der Waals surface area contributed by atoms with Gasteiger partial charge in [-0.1, -0.05) is 30.3 Å². The average molecular weight is 287 g/mol. The van der Waals surface area contributed by atoms with Crippen molar-refractivity contribution in [2.24, 2.45) is 5.41 Å². The van der Waals surface area contributed by atoms with Crippen LogP contribution in [0.3, 0.4) is 0 Å². The molecule has 1 aromatic heterocycles. The molecular weight excluding hydrogens is 266 g/mol. The molecule has 1 aromatic carbocycles. The minimum atomic E-state index is -0.735. The maximum atomic E-state index is 12.1. The number of benzene rings is 1. The zero-order valence-corrected chi connectivity index (χ0v) is 12.6. The summed E-state index contributed by atoms with van der Waals surface area (Å²) in [6, 6.07) is 13.5. The molecule has 0 amide bonds. The van der Waals surface area contributed by atoms with Crippen molar-refractivity contribution >= 4 is 5.97 Å². The van der Waals surface area contributed by atoms with E-state index in [0.717, 1.165) is 11.3 Å². The minimum Gasteiger partial charge on any atom is -0.469 e. The highest BCUT2D eigenvalue weighted by Gasteiger charge is 2.40. The number of furan rings is 1. The number of carbonyl (C=O) groups excluding carboxylic acids is 1. The standard InChI is InChI=1S/C17H21NO3/c1-17(2,16(19)20-3)15(14-10-7-11-21-14)18-12-13-8-5-4-6-9-13/h4-11,15,18H,12H2,1-3H3. The highest BCUT2D eigenvalue weighted by atomic mass is 16.5. The molecule has 112 valence electrons. The SMILES string of the molecule is COC(=O)C(C)(C)C(NCc1ccccc1)c1ccco1. The summed E-state index contributed by atoms with van der Waals surface area (Å²) in [5, 5.41) is 3.40. The van der Waals surface area contributed by atoms with Crippen molar-refractivity contribution in [3.63, 3.8) is 0 Å². The van der Waals surface area contributed by atoms with Crippen LogP contribution in [-0.2, 0) is 16.1 Å². The molecule has 0 aliphatic carbocycles. The van der Waals surface area contributed by atoms with Gasteiger partial charge in [-0.15, -0.1) is 0 Å². The number of nitrogens with one attached hydrogen (secondary N) is 1. The molecule has 1 N–H and O–H groups in total. The number of esters is 1. The maximum absolute atomic E-state index is 12.1. The van der Waals surface area contributed by atoms with E-state index in [2.05, 4.69) is 5.32 Å². The van der Waals surface area contributed by atoms with Crippen molar-refractivity contribution < 1.29 is 13.9 Å². The molecular formula is C17H21NO3. The number of hydrogen-bond acceptors (Lipinski definition) is 4. The van der Waals surface area contributed by atoms with Crippen LogP contribution in [0.5, 0.6) is 0 Å². The molecule has 0 saturated carbocycles. The van der Waals surface area contributed by atoms with Crippen molar-refractivity contribution in [2.75, 3.05) is 7.11 Å². The summed E-state index contributed by atoms with van der Waals surface area (Å²) in [6.07, 6.45) is 1.61. The van der Waals surface area contributed by atoms with Gasteiger partial charge in [-0.05, 0) is 31.5 Å². The fraction of sp³-hybridized carbons (Fsp3) is 0.353.